The fourth-order valence-electron chi connectivity index (χ4n) is 2.66. The van der Waals surface area contributed by atoms with Gasteiger partial charge in [0.05, 0.1) is 25.8 Å². The molecule has 0 aliphatic carbocycles. The van der Waals surface area contributed by atoms with Crippen LogP contribution in [-0.2, 0) is 20.8 Å². The van der Waals surface area contributed by atoms with E-state index in [1.54, 1.807) is 4.68 Å². The molecule has 1 fully saturated rings. The molecular formula is C16H20N2O4. The van der Waals surface area contributed by atoms with Crippen LogP contribution in [0.15, 0.2) is 24.3 Å². The molecule has 0 amide bonds. The Morgan fingerprint density at radius 1 is 1.41 bits per heavy atom. The van der Waals surface area contributed by atoms with Gasteiger partial charge in [-0.05, 0) is 25.3 Å². The molecule has 1 unspecified atom stereocenters. The first-order chi connectivity index (χ1) is 10.8. The molecule has 1 aliphatic heterocycles. The minimum atomic E-state index is -0.425. The van der Waals surface area contributed by atoms with Crippen LogP contribution in [0.4, 0.5) is 0 Å². The zero-order valence-corrected chi connectivity index (χ0v) is 12.7. The summed E-state index contributed by atoms with van der Waals surface area (Å²) in [6.45, 7) is 1.83. The fraction of sp³-hybridized carbons (Fsp3) is 0.500. The summed E-state index contributed by atoms with van der Waals surface area (Å²) in [7, 11) is 1.36. The molecule has 3 rings (SSSR count). The van der Waals surface area contributed by atoms with E-state index < -0.39 is 5.97 Å². The van der Waals surface area contributed by atoms with E-state index in [1.165, 1.54) is 7.11 Å². The van der Waals surface area contributed by atoms with Gasteiger partial charge in [-0.25, -0.2) is 4.79 Å². The van der Waals surface area contributed by atoms with Crippen LogP contribution in [0.5, 0.6) is 0 Å². The van der Waals surface area contributed by atoms with Crippen LogP contribution >= 0.6 is 0 Å². The number of fused-ring (bicyclic) bond motifs is 1. The maximum atomic E-state index is 11.8. The highest BCUT2D eigenvalue weighted by atomic mass is 16.7. The van der Waals surface area contributed by atoms with Gasteiger partial charge in [0.2, 0.25) is 0 Å². The largest absolute Gasteiger partial charge is 0.464 e. The summed E-state index contributed by atoms with van der Waals surface area (Å²) in [5.74, 6) is -0.425. The Bertz CT molecular complexity index is 647. The first kappa shape index (κ1) is 15.0. The molecular weight excluding hydrogens is 284 g/mol. The van der Waals surface area contributed by atoms with Crippen molar-refractivity contribution in [3.63, 3.8) is 0 Å². The predicted molar refractivity (Wildman–Crippen MR) is 80.6 cm³/mol. The molecule has 0 radical (unpaired) electrons. The van der Waals surface area contributed by atoms with Crippen molar-refractivity contribution >= 4 is 16.9 Å². The molecule has 6 nitrogen and oxygen atoms in total. The second kappa shape index (κ2) is 6.89. The van der Waals surface area contributed by atoms with Crippen molar-refractivity contribution in [3.8, 4) is 0 Å². The molecule has 0 saturated carbocycles. The third-order valence-electron chi connectivity index (χ3n) is 3.78. The van der Waals surface area contributed by atoms with Gasteiger partial charge in [0.15, 0.2) is 12.0 Å². The van der Waals surface area contributed by atoms with Crippen LogP contribution in [0.25, 0.3) is 10.9 Å². The number of ether oxygens (including phenoxy) is 3. The number of esters is 1. The third kappa shape index (κ3) is 3.13. The zero-order valence-electron chi connectivity index (χ0n) is 12.7. The first-order valence-electron chi connectivity index (χ1n) is 7.56. The number of carbonyl (C=O) groups excluding carboxylic acids is 1. The number of carbonyl (C=O) groups is 1. The van der Waals surface area contributed by atoms with Gasteiger partial charge >= 0.3 is 5.97 Å². The summed E-state index contributed by atoms with van der Waals surface area (Å²) < 4.78 is 17.8. The van der Waals surface area contributed by atoms with E-state index in [2.05, 4.69) is 5.10 Å². The summed E-state index contributed by atoms with van der Waals surface area (Å²) in [5, 5.41) is 5.16. The van der Waals surface area contributed by atoms with Crippen LogP contribution in [0.1, 0.15) is 29.8 Å². The number of para-hydroxylation sites is 1. The molecule has 2 heterocycles. The topological polar surface area (TPSA) is 62.6 Å². The van der Waals surface area contributed by atoms with E-state index in [0.717, 1.165) is 36.8 Å². The second-order valence-corrected chi connectivity index (χ2v) is 5.25. The van der Waals surface area contributed by atoms with Crippen molar-refractivity contribution < 1.29 is 19.0 Å². The molecule has 1 atom stereocenters. The monoisotopic (exact) mass is 304 g/mol. The molecule has 1 aromatic carbocycles. The summed E-state index contributed by atoms with van der Waals surface area (Å²) in [6.07, 6.45) is 3.07. The Labute approximate surface area is 129 Å². The Morgan fingerprint density at radius 3 is 3.05 bits per heavy atom. The van der Waals surface area contributed by atoms with Crippen LogP contribution in [0, 0.1) is 0 Å². The molecule has 0 spiro atoms. The maximum absolute atomic E-state index is 11.8. The summed E-state index contributed by atoms with van der Waals surface area (Å²) >= 11 is 0. The molecule has 1 saturated heterocycles. The van der Waals surface area contributed by atoms with Gasteiger partial charge in [0.1, 0.15) is 0 Å². The lowest BCUT2D eigenvalue weighted by atomic mass is 10.2. The van der Waals surface area contributed by atoms with Crippen molar-refractivity contribution in [2.45, 2.75) is 32.1 Å². The normalized spacial score (nSPS) is 18.5. The Morgan fingerprint density at radius 2 is 2.27 bits per heavy atom. The highest BCUT2D eigenvalue weighted by molar-refractivity contribution is 6.02. The Hall–Kier alpha value is -1.92. The van der Waals surface area contributed by atoms with E-state index in [4.69, 9.17) is 14.2 Å². The molecule has 22 heavy (non-hydrogen) atoms. The minimum absolute atomic E-state index is 0.115. The van der Waals surface area contributed by atoms with Gasteiger partial charge < -0.3 is 14.2 Å². The molecule has 0 N–H and O–H groups in total. The molecule has 6 heteroatoms. The number of aromatic nitrogens is 2. The number of methoxy groups -OCH3 is 1. The fourth-order valence-corrected chi connectivity index (χ4v) is 2.66. The van der Waals surface area contributed by atoms with Crippen LogP contribution < -0.4 is 0 Å². The molecule has 1 aromatic heterocycles. The van der Waals surface area contributed by atoms with Crippen molar-refractivity contribution in [2.24, 2.45) is 0 Å². The summed E-state index contributed by atoms with van der Waals surface area (Å²) in [5.41, 5.74) is 1.24. The van der Waals surface area contributed by atoms with E-state index >= 15 is 0 Å². The quantitative estimate of drug-likeness (QED) is 0.794. The lowest BCUT2D eigenvalue weighted by Gasteiger charge is -2.22. The van der Waals surface area contributed by atoms with E-state index in [0.29, 0.717) is 18.8 Å². The SMILES string of the molecule is COC(=O)c1nn(CCOC2CCCCO2)c2ccccc12. The van der Waals surface area contributed by atoms with Gasteiger partial charge in [-0.3, -0.25) is 4.68 Å². The van der Waals surface area contributed by atoms with Crippen LogP contribution in [0.2, 0.25) is 0 Å². The number of benzene rings is 1. The van der Waals surface area contributed by atoms with E-state index in [9.17, 15) is 4.79 Å². The second-order valence-electron chi connectivity index (χ2n) is 5.25. The zero-order chi connectivity index (χ0) is 15.4. The maximum Gasteiger partial charge on any atom is 0.359 e. The van der Waals surface area contributed by atoms with Gasteiger partial charge in [-0.1, -0.05) is 18.2 Å². The van der Waals surface area contributed by atoms with Gasteiger partial charge in [-0.2, -0.15) is 5.10 Å². The summed E-state index contributed by atoms with van der Waals surface area (Å²) in [6, 6.07) is 7.61. The van der Waals surface area contributed by atoms with Crippen molar-refractivity contribution in [1.82, 2.24) is 9.78 Å². The van der Waals surface area contributed by atoms with Gasteiger partial charge in [0, 0.05) is 12.0 Å². The minimum Gasteiger partial charge on any atom is -0.464 e. The highest BCUT2D eigenvalue weighted by Gasteiger charge is 2.18. The average molecular weight is 304 g/mol. The number of hydrogen-bond acceptors (Lipinski definition) is 5. The van der Waals surface area contributed by atoms with Crippen molar-refractivity contribution in [2.75, 3.05) is 20.3 Å². The van der Waals surface area contributed by atoms with Gasteiger partial charge in [-0.15, -0.1) is 0 Å². The third-order valence-corrected chi connectivity index (χ3v) is 3.78. The lowest BCUT2D eigenvalue weighted by molar-refractivity contribution is -0.163. The molecule has 0 bridgehead atoms. The predicted octanol–water partition coefficient (Wildman–Crippen LogP) is 2.37. The summed E-state index contributed by atoms with van der Waals surface area (Å²) in [4.78, 5) is 11.8. The number of hydrogen-bond donors (Lipinski definition) is 0. The van der Waals surface area contributed by atoms with Crippen LogP contribution in [0.3, 0.4) is 0 Å². The number of rotatable bonds is 5. The Balaban J connectivity index is 1.71. The molecule has 1 aliphatic rings. The average Bonchev–Trinajstić information content (AvgIpc) is 2.94. The molecule has 2 aromatic rings. The lowest BCUT2D eigenvalue weighted by Crippen LogP contribution is -2.24. The van der Waals surface area contributed by atoms with Gasteiger partial charge in [0.25, 0.3) is 0 Å². The smallest absolute Gasteiger partial charge is 0.359 e. The number of nitrogens with zero attached hydrogens (tertiary/aromatic N) is 2. The highest BCUT2D eigenvalue weighted by Crippen LogP contribution is 2.19. The van der Waals surface area contributed by atoms with E-state index in [-0.39, 0.29) is 6.29 Å². The Kier molecular flexibility index (Phi) is 4.70. The van der Waals surface area contributed by atoms with Crippen LogP contribution in [-0.4, -0.2) is 42.4 Å². The molecule has 118 valence electrons. The standard InChI is InChI=1S/C16H20N2O4/c1-20-16(19)15-12-6-2-3-7-13(12)18(17-15)9-11-22-14-8-4-5-10-21-14/h2-3,6-7,14H,4-5,8-11H2,1H3. The first-order valence-corrected chi connectivity index (χ1v) is 7.56. The van der Waals surface area contributed by atoms with Crippen molar-refractivity contribution in [1.29, 1.82) is 0 Å². The van der Waals surface area contributed by atoms with E-state index in [1.807, 2.05) is 24.3 Å². The van der Waals surface area contributed by atoms with Crippen molar-refractivity contribution in [3.05, 3.63) is 30.0 Å².